The van der Waals surface area contributed by atoms with Gasteiger partial charge < -0.3 is 5.32 Å². The van der Waals surface area contributed by atoms with Crippen LogP contribution < -0.4 is 5.32 Å². The Labute approximate surface area is 158 Å². The van der Waals surface area contributed by atoms with E-state index >= 15 is 0 Å². The molecule has 1 amide bonds. The first-order valence-corrected chi connectivity index (χ1v) is 8.94. The van der Waals surface area contributed by atoms with Gasteiger partial charge in [-0.05, 0) is 34.5 Å². The molecule has 0 radical (unpaired) electrons. The number of anilines is 1. The van der Waals surface area contributed by atoms with Crippen LogP contribution in [0.15, 0.2) is 47.2 Å². The molecular formula is C17H17BrClN5O. The smallest absolute Gasteiger partial charge is 0.227 e. The lowest BCUT2D eigenvalue weighted by atomic mass is 10.2. The van der Waals surface area contributed by atoms with Gasteiger partial charge in [0.15, 0.2) is 5.82 Å². The summed E-state index contributed by atoms with van der Waals surface area (Å²) in [5, 5.41) is 12.2. The first-order chi connectivity index (χ1) is 12.0. The number of hydrogen-bond acceptors (Lipinski definition) is 3. The van der Waals surface area contributed by atoms with Crippen molar-refractivity contribution in [2.45, 2.75) is 26.4 Å². The first-order valence-electron chi connectivity index (χ1n) is 7.77. The molecule has 25 heavy (non-hydrogen) atoms. The van der Waals surface area contributed by atoms with Crippen LogP contribution in [0.3, 0.4) is 0 Å². The summed E-state index contributed by atoms with van der Waals surface area (Å²) in [5.74, 6) is 0.419. The van der Waals surface area contributed by atoms with E-state index in [0.717, 1.165) is 15.7 Å². The Morgan fingerprint density at radius 2 is 2.04 bits per heavy atom. The van der Waals surface area contributed by atoms with Gasteiger partial charge in [-0.25, -0.2) is 0 Å². The maximum absolute atomic E-state index is 12.1. The number of aryl methyl sites for hydroxylation is 2. The molecule has 0 bridgehead atoms. The third-order valence-corrected chi connectivity index (χ3v) is 4.80. The fourth-order valence-corrected chi connectivity index (χ4v) is 2.86. The van der Waals surface area contributed by atoms with Gasteiger partial charge in [0, 0.05) is 36.4 Å². The number of carbonyl (C=O) groups excluding carboxylic acids is 1. The summed E-state index contributed by atoms with van der Waals surface area (Å²) in [7, 11) is 0. The van der Waals surface area contributed by atoms with Crippen molar-refractivity contribution in [1.29, 1.82) is 0 Å². The normalized spacial score (nSPS) is 10.8. The van der Waals surface area contributed by atoms with Gasteiger partial charge in [-0.15, -0.1) is 0 Å². The minimum absolute atomic E-state index is 0.104. The molecule has 1 aromatic carbocycles. The first kappa shape index (κ1) is 17.7. The highest BCUT2D eigenvalue weighted by molar-refractivity contribution is 9.10. The fourth-order valence-electron chi connectivity index (χ4n) is 2.35. The lowest BCUT2D eigenvalue weighted by Gasteiger charge is -2.05. The van der Waals surface area contributed by atoms with E-state index in [1.54, 1.807) is 15.4 Å². The van der Waals surface area contributed by atoms with Crippen LogP contribution in [0.2, 0.25) is 5.02 Å². The molecule has 8 heteroatoms. The summed E-state index contributed by atoms with van der Waals surface area (Å²) < 4.78 is 4.42. The summed E-state index contributed by atoms with van der Waals surface area (Å²) in [6.45, 7) is 2.97. The van der Waals surface area contributed by atoms with Crippen molar-refractivity contribution in [3.05, 3.63) is 63.5 Å². The summed E-state index contributed by atoms with van der Waals surface area (Å²) in [5.41, 5.74) is 1.88. The maximum atomic E-state index is 12.1. The zero-order chi connectivity index (χ0) is 17.8. The molecule has 0 aliphatic rings. The minimum Gasteiger partial charge on any atom is -0.309 e. The van der Waals surface area contributed by atoms with Crippen LogP contribution in [0.5, 0.6) is 0 Å². The van der Waals surface area contributed by atoms with E-state index in [9.17, 15) is 4.79 Å². The molecular weight excluding hydrogens is 406 g/mol. The third kappa shape index (κ3) is 4.70. The summed E-state index contributed by atoms with van der Waals surface area (Å²) in [4.78, 5) is 12.1. The molecule has 0 spiro atoms. The zero-order valence-corrected chi connectivity index (χ0v) is 16.0. The highest BCUT2D eigenvalue weighted by atomic mass is 79.9. The Bertz CT molecular complexity index is 869. The van der Waals surface area contributed by atoms with Crippen LogP contribution in [0, 0.1) is 6.92 Å². The van der Waals surface area contributed by atoms with Crippen LogP contribution in [0.4, 0.5) is 5.82 Å². The van der Waals surface area contributed by atoms with Crippen molar-refractivity contribution in [3.8, 4) is 0 Å². The second-order valence-corrected chi connectivity index (χ2v) is 6.88. The van der Waals surface area contributed by atoms with Gasteiger partial charge in [0.05, 0.1) is 16.7 Å². The van der Waals surface area contributed by atoms with Crippen LogP contribution in [-0.2, 0) is 17.9 Å². The number of amides is 1. The van der Waals surface area contributed by atoms with Crippen molar-refractivity contribution in [2.75, 3.05) is 5.32 Å². The number of hydrogen-bond donors (Lipinski definition) is 1. The Balaban J connectivity index is 1.54. The third-order valence-electron chi connectivity index (χ3n) is 3.65. The van der Waals surface area contributed by atoms with E-state index in [0.29, 0.717) is 30.4 Å². The standard InChI is InChI=1S/C17H17BrClN5O/c1-12-14(18)11-24(21-12)9-7-17(25)20-16-6-8-23(22-16)10-13-4-2-3-5-15(13)19/h2-6,8,11H,7,9-10H2,1H3,(H,20,22,25). The number of halogens is 2. The lowest BCUT2D eigenvalue weighted by molar-refractivity contribution is -0.116. The molecule has 3 aromatic rings. The molecule has 0 fully saturated rings. The van der Waals surface area contributed by atoms with Crippen molar-refractivity contribution in [1.82, 2.24) is 19.6 Å². The van der Waals surface area contributed by atoms with E-state index in [1.165, 1.54) is 0 Å². The number of benzene rings is 1. The number of aromatic nitrogens is 4. The second kappa shape index (κ2) is 7.84. The highest BCUT2D eigenvalue weighted by Gasteiger charge is 2.08. The summed E-state index contributed by atoms with van der Waals surface area (Å²) >= 11 is 9.56. The van der Waals surface area contributed by atoms with Gasteiger partial charge >= 0.3 is 0 Å². The van der Waals surface area contributed by atoms with Gasteiger partial charge in [-0.3, -0.25) is 14.2 Å². The second-order valence-electron chi connectivity index (χ2n) is 5.61. The van der Waals surface area contributed by atoms with E-state index in [-0.39, 0.29) is 5.91 Å². The van der Waals surface area contributed by atoms with Crippen LogP contribution in [-0.4, -0.2) is 25.5 Å². The number of nitrogens with one attached hydrogen (secondary N) is 1. The van der Waals surface area contributed by atoms with Gasteiger partial charge in [0.25, 0.3) is 0 Å². The van der Waals surface area contributed by atoms with Gasteiger partial charge in [-0.2, -0.15) is 10.2 Å². The predicted molar refractivity (Wildman–Crippen MR) is 101 cm³/mol. The summed E-state index contributed by atoms with van der Waals surface area (Å²) in [6.07, 6.45) is 4.00. The molecule has 2 heterocycles. The SMILES string of the molecule is Cc1nn(CCC(=O)Nc2ccn(Cc3ccccc3Cl)n2)cc1Br. The van der Waals surface area contributed by atoms with Crippen LogP contribution in [0.25, 0.3) is 0 Å². The molecule has 3 rings (SSSR count). The highest BCUT2D eigenvalue weighted by Crippen LogP contribution is 2.17. The largest absolute Gasteiger partial charge is 0.309 e. The Kier molecular flexibility index (Phi) is 5.55. The van der Waals surface area contributed by atoms with E-state index in [2.05, 4.69) is 31.4 Å². The Morgan fingerprint density at radius 1 is 1.24 bits per heavy atom. The number of carbonyl (C=O) groups is 1. The average molecular weight is 423 g/mol. The van der Waals surface area contributed by atoms with Crippen LogP contribution >= 0.6 is 27.5 Å². The van der Waals surface area contributed by atoms with Gasteiger partial charge in [-0.1, -0.05) is 29.8 Å². The Morgan fingerprint density at radius 3 is 2.76 bits per heavy atom. The maximum Gasteiger partial charge on any atom is 0.227 e. The van der Waals surface area contributed by atoms with Crippen molar-refractivity contribution in [3.63, 3.8) is 0 Å². The van der Waals surface area contributed by atoms with E-state index in [1.807, 2.05) is 43.6 Å². The molecule has 1 N–H and O–H groups in total. The van der Waals surface area contributed by atoms with Crippen molar-refractivity contribution in [2.24, 2.45) is 0 Å². The van der Waals surface area contributed by atoms with E-state index in [4.69, 9.17) is 11.6 Å². The molecule has 0 saturated carbocycles. The lowest BCUT2D eigenvalue weighted by Crippen LogP contribution is -2.15. The monoisotopic (exact) mass is 421 g/mol. The molecule has 0 atom stereocenters. The predicted octanol–water partition coefficient (Wildman–Crippen LogP) is 3.88. The zero-order valence-electron chi connectivity index (χ0n) is 13.6. The molecule has 0 saturated heterocycles. The van der Waals surface area contributed by atoms with Crippen molar-refractivity contribution < 1.29 is 4.79 Å². The topological polar surface area (TPSA) is 64.7 Å². The quantitative estimate of drug-likeness (QED) is 0.655. The molecule has 130 valence electrons. The van der Waals surface area contributed by atoms with Gasteiger partial charge in [0.2, 0.25) is 5.91 Å². The van der Waals surface area contributed by atoms with Crippen LogP contribution in [0.1, 0.15) is 17.7 Å². The number of rotatable bonds is 6. The minimum atomic E-state index is -0.104. The fraction of sp³-hybridized carbons (Fsp3) is 0.235. The number of nitrogens with zero attached hydrogens (tertiary/aromatic N) is 4. The van der Waals surface area contributed by atoms with Gasteiger partial charge in [0.1, 0.15) is 0 Å². The average Bonchev–Trinajstić information content (AvgIpc) is 3.14. The summed E-state index contributed by atoms with van der Waals surface area (Å²) in [6, 6.07) is 9.39. The molecule has 2 aromatic heterocycles. The molecule has 6 nitrogen and oxygen atoms in total. The molecule has 0 unspecified atom stereocenters. The molecule has 0 aliphatic carbocycles. The van der Waals surface area contributed by atoms with Crippen molar-refractivity contribution >= 4 is 39.3 Å². The van der Waals surface area contributed by atoms with E-state index < -0.39 is 0 Å². The molecule has 0 aliphatic heterocycles. The Hall–Kier alpha value is -2.12.